The summed E-state index contributed by atoms with van der Waals surface area (Å²) in [6.07, 6.45) is 0.933. The van der Waals surface area contributed by atoms with E-state index in [0.29, 0.717) is 31.7 Å². The summed E-state index contributed by atoms with van der Waals surface area (Å²) in [5.41, 5.74) is 1.90. The van der Waals surface area contributed by atoms with E-state index in [4.69, 9.17) is 4.42 Å². The molecule has 10 heteroatoms. The number of thiazole rings is 1. The molecule has 0 saturated carbocycles. The number of oxazole rings is 1. The van der Waals surface area contributed by atoms with Gasteiger partial charge < -0.3 is 4.42 Å². The molecule has 0 N–H and O–H groups in total. The number of sulfonamides is 1. The van der Waals surface area contributed by atoms with Gasteiger partial charge in [-0.05, 0) is 18.6 Å². The molecule has 8 nitrogen and oxygen atoms in total. The van der Waals surface area contributed by atoms with Gasteiger partial charge in [0, 0.05) is 51.2 Å². The summed E-state index contributed by atoms with van der Waals surface area (Å²) in [7, 11) is -2.04. The first-order valence-electron chi connectivity index (χ1n) is 9.14. The zero-order valence-corrected chi connectivity index (χ0v) is 17.4. The normalized spacial score (nSPS) is 16.8. The fraction of sp³-hybridized carbons (Fsp3) is 0.444. The molecular weight excluding hydrogens is 400 g/mol. The van der Waals surface area contributed by atoms with Crippen LogP contribution in [0.1, 0.15) is 17.6 Å². The molecule has 150 valence electrons. The Kier molecular flexibility index (Phi) is 5.13. The highest BCUT2D eigenvalue weighted by Crippen LogP contribution is 2.23. The molecule has 0 amide bonds. The molecule has 3 aromatic rings. The van der Waals surface area contributed by atoms with E-state index in [-0.39, 0.29) is 10.5 Å². The fourth-order valence-corrected chi connectivity index (χ4v) is 5.54. The molecule has 0 spiro atoms. The topological polar surface area (TPSA) is 88.7 Å². The smallest absolute Gasteiger partial charge is 0.408 e. The first-order valence-corrected chi connectivity index (χ1v) is 11.5. The maximum atomic E-state index is 13.0. The Labute approximate surface area is 167 Å². The van der Waals surface area contributed by atoms with Crippen LogP contribution in [-0.4, -0.2) is 53.4 Å². The Bertz CT molecular complexity index is 1150. The Morgan fingerprint density at radius 2 is 1.96 bits per heavy atom. The van der Waals surface area contributed by atoms with E-state index in [0.717, 1.165) is 23.7 Å². The van der Waals surface area contributed by atoms with Crippen LogP contribution in [0.3, 0.4) is 0 Å². The summed E-state index contributed by atoms with van der Waals surface area (Å²) in [4.78, 5) is 18.6. The highest BCUT2D eigenvalue weighted by atomic mass is 32.2. The van der Waals surface area contributed by atoms with Crippen molar-refractivity contribution in [3.05, 3.63) is 44.8 Å². The first-order chi connectivity index (χ1) is 13.4. The van der Waals surface area contributed by atoms with Crippen molar-refractivity contribution < 1.29 is 12.8 Å². The Balaban J connectivity index is 1.46. The van der Waals surface area contributed by atoms with E-state index < -0.39 is 15.8 Å². The minimum absolute atomic E-state index is 0.148. The lowest BCUT2D eigenvalue weighted by atomic mass is 10.3. The molecular formula is C18H22N4O4S2. The third-order valence-corrected chi connectivity index (χ3v) is 7.96. The van der Waals surface area contributed by atoms with E-state index in [1.165, 1.54) is 21.0 Å². The fourth-order valence-electron chi connectivity index (χ4n) is 3.36. The Morgan fingerprint density at radius 3 is 2.64 bits per heavy atom. The highest BCUT2D eigenvalue weighted by Gasteiger charge is 2.29. The summed E-state index contributed by atoms with van der Waals surface area (Å²) in [6, 6.07) is 4.57. The SMILES string of the molecule is CCc1nc(CN2CCN(S(=O)(=O)c3ccc4c(c3)oc(=O)n4C)CC2)cs1. The van der Waals surface area contributed by atoms with Gasteiger partial charge in [0.2, 0.25) is 10.0 Å². The standard InChI is InChI=1S/C18H22N4O4S2/c1-3-17-19-13(12-27-17)11-21-6-8-22(9-7-21)28(24,25)14-4-5-15-16(10-14)26-18(23)20(15)2/h4-5,10,12H,3,6-9,11H2,1-2H3. The summed E-state index contributed by atoms with van der Waals surface area (Å²) in [6.45, 7) is 4.98. The maximum Gasteiger partial charge on any atom is 0.419 e. The minimum atomic E-state index is -3.63. The number of aromatic nitrogens is 2. The van der Waals surface area contributed by atoms with Crippen molar-refractivity contribution >= 4 is 32.5 Å². The Hall–Kier alpha value is -2.01. The van der Waals surface area contributed by atoms with Crippen LogP contribution in [0.4, 0.5) is 0 Å². The summed E-state index contributed by atoms with van der Waals surface area (Å²) < 4.78 is 34.0. The second kappa shape index (κ2) is 7.43. The third-order valence-electron chi connectivity index (χ3n) is 5.02. The molecule has 1 saturated heterocycles. The summed E-state index contributed by atoms with van der Waals surface area (Å²) in [5.74, 6) is -0.508. The predicted octanol–water partition coefficient (Wildman–Crippen LogP) is 1.66. The molecule has 0 aliphatic carbocycles. The molecule has 1 aliphatic heterocycles. The van der Waals surface area contributed by atoms with E-state index in [9.17, 15) is 13.2 Å². The van der Waals surface area contributed by atoms with Gasteiger partial charge in [-0.3, -0.25) is 9.47 Å². The van der Waals surface area contributed by atoms with Crippen LogP contribution in [0.25, 0.3) is 11.1 Å². The number of benzene rings is 1. The van der Waals surface area contributed by atoms with Gasteiger partial charge in [-0.15, -0.1) is 11.3 Å². The van der Waals surface area contributed by atoms with E-state index in [2.05, 4.69) is 22.2 Å². The zero-order valence-electron chi connectivity index (χ0n) is 15.8. The van der Waals surface area contributed by atoms with Crippen molar-refractivity contribution in [1.82, 2.24) is 18.8 Å². The molecule has 0 unspecified atom stereocenters. The lowest BCUT2D eigenvalue weighted by Gasteiger charge is -2.33. The molecule has 1 aromatic carbocycles. The second-order valence-corrected chi connectivity index (χ2v) is 9.70. The minimum Gasteiger partial charge on any atom is -0.408 e. The average molecular weight is 423 g/mol. The van der Waals surface area contributed by atoms with Crippen molar-refractivity contribution in [3.63, 3.8) is 0 Å². The van der Waals surface area contributed by atoms with Crippen LogP contribution in [0.2, 0.25) is 0 Å². The molecule has 1 aliphatic rings. The van der Waals surface area contributed by atoms with E-state index >= 15 is 0 Å². The molecule has 0 bridgehead atoms. The number of hydrogen-bond donors (Lipinski definition) is 0. The molecule has 4 rings (SSSR count). The Morgan fingerprint density at radius 1 is 1.21 bits per heavy atom. The number of aryl methyl sites for hydroxylation is 2. The van der Waals surface area contributed by atoms with E-state index in [1.807, 2.05) is 0 Å². The van der Waals surface area contributed by atoms with Gasteiger partial charge in [0.1, 0.15) is 0 Å². The van der Waals surface area contributed by atoms with E-state index in [1.54, 1.807) is 24.5 Å². The van der Waals surface area contributed by atoms with Crippen molar-refractivity contribution in [2.45, 2.75) is 24.8 Å². The number of fused-ring (bicyclic) bond motifs is 1. The van der Waals surface area contributed by atoms with Gasteiger partial charge in [0.15, 0.2) is 5.58 Å². The second-order valence-electron chi connectivity index (χ2n) is 6.82. The summed E-state index contributed by atoms with van der Waals surface area (Å²) >= 11 is 1.67. The number of hydrogen-bond acceptors (Lipinski definition) is 7. The third kappa shape index (κ3) is 3.52. The largest absolute Gasteiger partial charge is 0.419 e. The molecule has 28 heavy (non-hydrogen) atoms. The van der Waals surface area contributed by atoms with Crippen LogP contribution in [-0.2, 0) is 30.0 Å². The van der Waals surface area contributed by atoms with Crippen molar-refractivity contribution in [1.29, 1.82) is 0 Å². The van der Waals surface area contributed by atoms with Gasteiger partial charge in [0.05, 0.1) is 21.1 Å². The summed E-state index contributed by atoms with van der Waals surface area (Å²) in [5, 5.41) is 3.20. The molecule has 3 heterocycles. The maximum absolute atomic E-state index is 13.0. The van der Waals surface area contributed by atoms with Crippen LogP contribution < -0.4 is 5.76 Å². The van der Waals surface area contributed by atoms with Crippen LogP contribution in [0.15, 0.2) is 37.7 Å². The molecule has 1 fully saturated rings. The van der Waals surface area contributed by atoms with Gasteiger partial charge in [-0.25, -0.2) is 18.2 Å². The van der Waals surface area contributed by atoms with Crippen molar-refractivity contribution in [3.8, 4) is 0 Å². The lowest BCUT2D eigenvalue weighted by molar-refractivity contribution is 0.180. The van der Waals surface area contributed by atoms with Crippen molar-refractivity contribution in [2.75, 3.05) is 26.2 Å². The first kappa shape index (κ1) is 19.3. The highest BCUT2D eigenvalue weighted by molar-refractivity contribution is 7.89. The number of nitrogens with zero attached hydrogens (tertiary/aromatic N) is 4. The monoisotopic (exact) mass is 422 g/mol. The van der Waals surface area contributed by atoms with Gasteiger partial charge in [0.25, 0.3) is 0 Å². The van der Waals surface area contributed by atoms with Gasteiger partial charge in [-0.2, -0.15) is 4.31 Å². The number of piperazine rings is 1. The van der Waals surface area contributed by atoms with Crippen LogP contribution in [0, 0.1) is 0 Å². The van der Waals surface area contributed by atoms with Crippen LogP contribution in [0.5, 0.6) is 0 Å². The van der Waals surface area contributed by atoms with Crippen molar-refractivity contribution in [2.24, 2.45) is 7.05 Å². The van der Waals surface area contributed by atoms with Crippen LogP contribution >= 0.6 is 11.3 Å². The predicted molar refractivity (Wildman–Crippen MR) is 107 cm³/mol. The molecule has 0 atom stereocenters. The quantitative estimate of drug-likeness (QED) is 0.621. The van der Waals surface area contributed by atoms with Gasteiger partial charge in [-0.1, -0.05) is 6.92 Å². The zero-order chi connectivity index (χ0) is 19.9. The van der Waals surface area contributed by atoms with Gasteiger partial charge >= 0.3 is 5.76 Å². The lowest BCUT2D eigenvalue weighted by Crippen LogP contribution is -2.48. The molecule has 0 radical (unpaired) electrons. The molecule has 2 aromatic heterocycles. The average Bonchev–Trinajstić information content (AvgIpc) is 3.26. The number of rotatable bonds is 5.